The van der Waals surface area contributed by atoms with Crippen LogP contribution in [-0.2, 0) is 47.5 Å². The van der Waals surface area contributed by atoms with Crippen LogP contribution in [0.25, 0.3) is 0 Å². The van der Waals surface area contributed by atoms with Gasteiger partial charge in [0, 0.05) is 13.3 Å². The van der Waals surface area contributed by atoms with Crippen molar-refractivity contribution in [2.45, 2.75) is 380 Å². The molecule has 0 bridgehead atoms. The van der Waals surface area contributed by atoms with E-state index in [1.165, 1.54) is 167 Å². The number of hydrogen-bond donors (Lipinski definition) is 15. The fraction of sp³-hybridized carbons (Fsp3) is 0.942. The second-order valence-electron chi connectivity index (χ2n) is 26.8. The third-order valence-electron chi connectivity index (χ3n) is 18.9. The molecule has 4 fully saturated rings. The lowest BCUT2D eigenvalue weighted by molar-refractivity contribution is -0.380. The van der Waals surface area contributed by atoms with Crippen molar-refractivity contribution in [2.75, 3.05) is 33.0 Å². The van der Waals surface area contributed by atoms with E-state index in [9.17, 15) is 76.0 Å². The molecule has 4 saturated heterocycles. The van der Waals surface area contributed by atoms with Gasteiger partial charge in [0.15, 0.2) is 25.2 Å². The van der Waals surface area contributed by atoms with Crippen molar-refractivity contribution in [1.29, 1.82) is 0 Å². The van der Waals surface area contributed by atoms with Crippen LogP contribution in [0.4, 0.5) is 0 Å². The molecule has 1 unspecified atom stereocenters. The minimum atomic E-state index is -2.10. The predicted octanol–water partition coefficient (Wildman–Crippen LogP) is 4.51. The van der Waals surface area contributed by atoms with Gasteiger partial charge in [-0.05, 0) is 19.3 Å². The fourth-order valence-corrected chi connectivity index (χ4v) is 13.0. The van der Waals surface area contributed by atoms with Gasteiger partial charge in [-0.2, -0.15) is 0 Å². The van der Waals surface area contributed by atoms with Gasteiger partial charge < -0.3 is 115 Å². The number of hydrogen-bond acceptors (Lipinski definition) is 23. The summed E-state index contributed by atoms with van der Waals surface area (Å²) in [6, 6.07) is -2.62. The number of nitrogens with one attached hydrogen (secondary N) is 2. The SMILES string of the molecule is CCCCCCCCCCCCC/C=C/[C@@H](O)[C@H](CO[C@@H]1O[C@H](CO)[C@@H](O[C@@H]2O[C@H](CO)[C@H](O[C@@H]3O[C@H](CO)[C@H](O)[C@H](O[C@@H]4O[C@H](CO)[C@H](O)[C@H](O)[C@H]4O)[C@H]3NC(C)=O)[C@H](O)[C@H]2O)[C@H](O)C1O)NC(=O)CCCCCCCCCCCCCCCCCCCCCCCC. The van der Waals surface area contributed by atoms with Crippen molar-refractivity contribution >= 4 is 11.8 Å². The number of rotatable bonds is 52. The number of carbonyl (C=O) groups excluding carboxylic acids is 2. The Morgan fingerprint density at radius 2 is 0.766 bits per heavy atom. The highest BCUT2D eigenvalue weighted by atomic mass is 16.8. The zero-order chi connectivity index (χ0) is 68.6. The lowest BCUT2D eigenvalue weighted by Gasteiger charge is -2.50. The number of ether oxygens (including phenoxy) is 8. The first-order chi connectivity index (χ1) is 45.5. The van der Waals surface area contributed by atoms with Gasteiger partial charge in [-0.15, -0.1) is 0 Å². The summed E-state index contributed by atoms with van der Waals surface area (Å²) in [7, 11) is 0. The van der Waals surface area contributed by atoms with Gasteiger partial charge in [0.2, 0.25) is 11.8 Å². The molecule has 0 aromatic heterocycles. The summed E-state index contributed by atoms with van der Waals surface area (Å²) in [4.78, 5) is 26.1. The molecule has 25 nitrogen and oxygen atoms in total. The van der Waals surface area contributed by atoms with E-state index in [1.807, 2.05) is 6.08 Å². The highest BCUT2D eigenvalue weighted by molar-refractivity contribution is 5.76. The van der Waals surface area contributed by atoms with Crippen LogP contribution >= 0.6 is 0 Å². The normalized spacial score (nSPS) is 32.2. The molecule has 552 valence electrons. The molecule has 22 atom stereocenters. The molecule has 0 aromatic carbocycles. The minimum Gasteiger partial charge on any atom is -0.394 e. The number of aliphatic hydroxyl groups is 13. The van der Waals surface area contributed by atoms with Crippen LogP contribution < -0.4 is 10.6 Å². The quantitative estimate of drug-likeness (QED) is 0.0294. The summed E-state index contributed by atoms with van der Waals surface area (Å²) in [6.07, 6.45) is 9.96. The van der Waals surface area contributed by atoms with E-state index in [4.69, 9.17) is 37.9 Å². The van der Waals surface area contributed by atoms with Gasteiger partial charge in [0.25, 0.3) is 0 Å². The molecular formula is C69H128N2O23. The monoisotopic (exact) mass is 1350 g/mol. The lowest BCUT2D eigenvalue weighted by Crippen LogP contribution is -2.70. The molecule has 0 saturated carbocycles. The van der Waals surface area contributed by atoms with E-state index in [1.54, 1.807) is 6.08 Å². The molecule has 0 radical (unpaired) electrons. The number of aliphatic hydroxyl groups excluding tert-OH is 13. The summed E-state index contributed by atoms with van der Waals surface area (Å²) in [5.41, 5.74) is 0. The first-order valence-electron chi connectivity index (χ1n) is 36.4. The molecule has 4 aliphatic heterocycles. The van der Waals surface area contributed by atoms with Crippen LogP contribution in [0.15, 0.2) is 12.2 Å². The lowest BCUT2D eigenvalue weighted by atomic mass is 9.94. The molecule has 15 N–H and O–H groups in total. The maximum absolute atomic E-state index is 13.5. The average molecular weight is 1350 g/mol. The Bertz CT molecular complexity index is 1950. The van der Waals surface area contributed by atoms with Gasteiger partial charge in [-0.25, -0.2) is 0 Å². The first-order valence-corrected chi connectivity index (χ1v) is 36.4. The van der Waals surface area contributed by atoms with Crippen LogP contribution in [0.2, 0.25) is 0 Å². The number of allylic oxidation sites excluding steroid dienone is 1. The van der Waals surface area contributed by atoms with Crippen LogP contribution in [0.1, 0.15) is 245 Å². The molecule has 0 aromatic rings. The van der Waals surface area contributed by atoms with Gasteiger partial charge in [-0.1, -0.05) is 225 Å². The van der Waals surface area contributed by atoms with Crippen LogP contribution in [0.5, 0.6) is 0 Å². The number of unbranched alkanes of at least 4 members (excludes halogenated alkanes) is 32. The van der Waals surface area contributed by atoms with Gasteiger partial charge >= 0.3 is 0 Å². The highest BCUT2D eigenvalue weighted by Crippen LogP contribution is 2.35. The summed E-state index contributed by atoms with van der Waals surface area (Å²) in [6.45, 7) is 1.63. The topological polar surface area (TPSA) is 395 Å². The maximum atomic E-state index is 13.5. The van der Waals surface area contributed by atoms with E-state index in [2.05, 4.69) is 24.5 Å². The van der Waals surface area contributed by atoms with Crippen molar-refractivity contribution in [3.05, 3.63) is 12.2 Å². The van der Waals surface area contributed by atoms with Gasteiger partial charge in [0.05, 0.1) is 45.2 Å². The standard InChI is InChI=1S/C69H128N2O23/c1-4-6-8-10-12-14-16-18-19-20-21-22-23-24-25-26-28-30-32-34-36-38-40-53(78)71-47(48(77)39-37-35-33-31-29-27-17-15-13-11-9-7-5-2)45-87-67-61(85)58(82)64(51(43-74)90-67)93-69-62(86)59(83)63(52(44-75)91-69)92-66-54(70-46(3)76)65(56(80)50(42-73)88-66)94-68-60(84)57(81)55(79)49(41-72)89-68/h37,39,47-52,54-69,72-75,77,79-86H,4-36,38,40-45H2,1-3H3,(H,70,76)(H,71,78)/b39-37+/t47-,48+,49+,50+,51+,52+,54+,55-,56-,57-,58+,59+,60+,61?,62+,63-,64+,65+,66-,67+,68-,69-/m0/s1. The summed E-state index contributed by atoms with van der Waals surface area (Å²) < 4.78 is 46.8. The molecule has 25 heteroatoms. The zero-order valence-corrected chi connectivity index (χ0v) is 57.0. The molecule has 4 rings (SSSR count). The molecular weight excluding hydrogens is 1220 g/mol. The van der Waals surface area contributed by atoms with Crippen molar-refractivity contribution in [3.8, 4) is 0 Å². The Morgan fingerprint density at radius 1 is 0.415 bits per heavy atom. The van der Waals surface area contributed by atoms with Crippen LogP contribution in [0.3, 0.4) is 0 Å². The van der Waals surface area contributed by atoms with E-state index in [-0.39, 0.29) is 12.3 Å². The van der Waals surface area contributed by atoms with Gasteiger partial charge in [0.1, 0.15) is 97.6 Å². The Labute approximate surface area is 559 Å². The van der Waals surface area contributed by atoms with Crippen molar-refractivity contribution in [1.82, 2.24) is 10.6 Å². The van der Waals surface area contributed by atoms with E-state index >= 15 is 0 Å². The molecule has 2 amide bonds. The predicted molar refractivity (Wildman–Crippen MR) is 349 cm³/mol. The average Bonchev–Trinajstić information content (AvgIpc) is 1.17. The maximum Gasteiger partial charge on any atom is 0.220 e. The minimum absolute atomic E-state index is 0.218. The Morgan fingerprint density at radius 3 is 1.20 bits per heavy atom. The second kappa shape index (κ2) is 49.4. The van der Waals surface area contributed by atoms with Crippen molar-refractivity contribution < 1.29 is 114 Å². The van der Waals surface area contributed by atoms with Crippen molar-refractivity contribution in [3.63, 3.8) is 0 Å². The first kappa shape index (κ1) is 84.3. The fourth-order valence-electron chi connectivity index (χ4n) is 13.0. The molecule has 4 aliphatic rings. The van der Waals surface area contributed by atoms with E-state index in [0.29, 0.717) is 12.8 Å². The third kappa shape index (κ3) is 30.0. The Balaban J connectivity index is 1.29. The number of amides is 2. The molecule has 4 heterocycles. The number of carbonyl (C=O) groups is 2. The van der Waals surface area contributed by atoms with Crippen LogP contribution in [0, 0.1) is 0 Å². The summed E-state index contributed by atoms with van der Waals surface area (Å²) in [5.74, 6) is -1.06. The zero-order valence-electron chi connectivity index (χ0n) is 57.0. The third-order valence-corrected chi connectivity index (χ3v) is 18.9. The Hall–Kier alpha value is -2.16. The second-order valence-corrected chi connectivity index (χ2v) is 26.8. The van der Waals surface area contributed by atoms with E-state index in [0.717, 1.165) is 45.4 Å². The van der Waals surface area contributed by atoms with Crippen LogP contribution in [-0.4, -0.2) is 246 Å². The van der Waals surface area contributed by atoms with E-state index < -0.39 is 174 Å². The largest absolute Gasteiger partial charge is 0.394 e. The van der Waals surface area contributed by atoms with Gasteiger partial charge in [-0.3, -0.25) is 9.59 Å². The smallest absolute Gasteiger partial charge is 0.220 e. The van der Waals surface area contributed by atoms with Crippen molar-refractivity contribution in [2.24, 2.45) is 0 Å². The Kier molecular flexibility index (Phi) is 44.3. The highest BCUT2D eigenvalue weighted by Gasteiger charge is 2.56. The summed E-state index contributed by atoms with van der Waals surface area (Å²) in [5, 5.41) is 147. The molecule has 0 spiro atoms. The molecule has 0 aliphatic carbocycles. The molecule has 94 heavy (non-hydrogen) atoms. The summed E-state index contributed by atoms with van der Waals surface area (Å²) >= 11 is 0.